The Morgan fingerprint density at radius 1 is 0.808 bits per heavy atom. The number of carbonyl (C=O) groups excluding carboxylic acids is 1. The molecule has 0 spiro atoms. The molecule has 0 radical (unpaired) electrons. The molecule has 0 saturated heterocycles. The van der Waals surface area contributed by atoms with Crippen LogP contribution in [-0.4, -0.2) is 22.1 Å². The van der Waals surface area contributed by atoms with E-state index in [-0.39, 0.29) is 11.1 Å². The molecule has 1 aliphatic rings. The van der Waals surface area contributed by atoms with Gasteiger partial charge in [-0.3, -0.25) is 9.69 Å². The van der Waals surface area contributed by atoms with Crippen LogP contribution in [0.1, 0.15) is 15.9 Å². The summed E-state index contributed by atoms with van der Waals surface area (Å²) in [6.07, 6.45) is 0. The van der Waals surface area contributed by atoms with Crippen molar-refractivity contribution in [3.8, 4) is 11.1 Å². The Morgan fingerprint density at radius 2 is 1.38 bits per heavy atom. The number of aliphatic hydroxyl groups is 1. The van der Waals surface area contributed by atoms with Crippen molar-refractivity contribution < 1.29 is 19.8 Å². The lowest BCUT2D eigenvalue weighted by Crippen LogP contribution is -2.50. The first-order chi connectivity index (χ1) is 12.5. The van der Waals surface area contributed by atoms with Crippen molar-refractivity contribution in [1.29, 1.82) is 0 Å². The van der Waals surface area contributed by atoms with Gasteiger partial charge in [0.25, 0.3) is 11.6 Å². The van der Waals surface area contributed by atoms with Crippen LogP contribution in [0.4, 0.5) is 5.69 Å². The topological polar surface area (TPSA) is 77.8 Å². The van der Waals surface area contributed by atoms with Crippen molar-refractivity contribution in [2.75, 3.05) is 4.90 Å². The maximum absolute atomic E-state index is 12.8. The number of amides is 1. The molecule has 5 nitrogen and oxygen atoms in total. The smallest absolute Gasteiger partial charge is 0.362 e. The maximum Gasteiger partial charge on any atom is 0.362 e. The summed E-state index contributed by atoms with van der Waals surface area (Å²) >= 11 is 0. The second-order valence-corrected chi connectivity index (χ2v) is 6.08. The predicted octanol–water partition coefficient (Wildman–Crippen LogP) is 3.24. The van der Waals surface area contributed by atoms with E-state index in [4.69, 9.17) is 0 Å². The lowest BCUT2D eigenvalue weighted by molar-refractivity contribution is -0.158. The molecular formula is C21H15NO4. The van der Waals surface area contributed by atoms with Crippen LogP contribution in [0.2, 0.25) is 0 Å². The highest BCUT2D eigenvalue weighted by molar-refractivity contribution is 6.16. The third-order valence-corrected chi connectivity index (χ3v) is 4.59. The zero-order chi connectivity index (χ0) is 18.3. The highest BCUT2D eigenvalue weighted by Gasteiger charge is 2.55. The Hall–Kier alpha value is -3.44. The van der Waals surface area contributed by atoms with Crippen LogP contribution in [0.15, 0.2) is 78.9 Å². The third-order valence-electron chi connectivity index (χ3n) is 4.59. The standard InChI is InChI=1S/C21H15NO4/c23-19-17-8-4-5-9-18(17)21(26,20(24)25)22(19)16-12-10-15(11-13-16)14-6-2-1-3-7-14/h1-13,26H,(H,24,25). The summed E-state index contributed by atoms with van der Waals surface area (Å²) in [7, 11) is 0. The minimum Gasteiger partial charge on any atom is -0.477 e. The van der Waals surface area contributed by atoms with Crippen LogP contribution < -0.4 is 4.90 Å². The minimum absolute atomic E-state index is 0.0737. The van der Waals surface area contributed by atoms with Crippen LogP contribution in [0, 0.1) is 0 Å². The molecular weight excluding hydrogens is 330 g/mol. The van der Waals surface area contributed by atoms with Gasteiger partial charge in [-0.15, -0.1) is 0 Å². The van der Waals surface area contributed by atoms with Crippen LogP contribution in [0.25, 0.3) is 11.1 Å². The first-order valence-electron chi connectivity index (χ1n) is 8.09. The number of carboxylic acids is 1. The molecule has 0 aromatic heterocycles. The summed E-state index contributed by atoms with van der Waals surface area (Å²) < 4.78 is 0. The van der Waals surface area contributed by atoms with Crippen LogP contribution in [-0.2, 0) is 10.5 Å². The number of aliphatic carboxylic acids is 1. The van der Waals surface area contributed by atoms with E-state index in [9.17, 15) is 19.8 Å². The lowest BCUT2D eigenvalue weighted by atomic mass is 10.0. The van der Waals surface area contributed by atoms with E-state index in [1.165, 1.54) is 12.1 Å². The van der Waals surface area contributed by atoms with Crippen molar-refractivity contribution in [1.82, 2.24) is 0 Å². The molecule has 0 aliphatic carbocycles. The zero-order valence-electron chi connectivity index (χ0n) is 13.7. The highest BCUT2D eigenvalue weighted by atomic mass is 16.4. The van der Waals surface area contributed by atoms with E-state index < -0.39 is 17.6 Å². The van der Waals surface area contributed by atoms with Gasteiger partial charge in [0.2, 0.25) is 0 Å². The molecule has 1 heterocycles. The first kappa shape index (κ1) is 16.1. The Labute approximate surface area is 149 Å². The van der Waals surface area contributed by atoms with Crippen molar-refractivity contribution in [3.05, 3.63) is 90.0 Å². The van der Waals surface area contributed by atoms with E-state index in [1.807, 2.05) is 30.3 Å². The molecule has 1 unspecified atom stereocenters. The van der Waals surface area contributed by atoms with Gasteiger partial charge in [-0.25, -0.2) is 4.79 Å². The molecule has 0 fully saturated rings. The fraction of sp³-hybridized carbons (Fsp3) is 0.0476. The van der Waals surface area contributed by atoms with Gasteiger partial charge < -0.3 is 10.2 Å². The number of nitrogens with zero attached hydrogens (tertiary/aromatic N) is 1. The fourth-order valence-electron chi connectivity index (χ4n) is 3.31. The fourth-order valence-corrected chi connectivity index (χ4v) is 3.31. The molecule has 1 amide bonds. The zero-order valence-corrected chi connectivity index (χ0v) is 13.7. The summed E-state index contributed by atoms with van der Waals surface area (Å²) in [6, 6.07) is 22.8. The summed E-state index contributed by atoms with van der Waals surface area (Å²) in [5.41, 5.74) is 0.0768. The Morgan fingerprint density at radius 3 is 2.04 bits per heavy atom. The minimum atomic E-state index is -2.43. The number of hydrogen-bond acceptors (Lipinski definition) is 3. The van der Waals surface area contributed by atoms with Crippen molar-refractivity contribution in [3.63, 3.8) is 0 Å². The highest BCUT2D eigenvalue weighted by Crippen LogP contribution is 2.41. The average Bonchev–Trinajstić information content (AvgIpc) is 2.92. The molecule has 2 N–H and O–H groups in total. The van der Waals surface area contributed by atoms with Gasteiger partial charge >= 0.3 is 5.97 Å². The van der Waals surface area contributed by atoms with Gasteiger partial charge in [0.1, 0.15) is 0 Å². The Balaban J connectivity index is 1.80. The number of anilines is 1. The monoisotopic (exact) mass is 345 g/mol. The second kappa shape index (κ2) is 5.82. The molecule has 5 heteroatoms. The van der Waals surface area contributed by atoms with Gasteiger partial charge in [0.15, 0.2) is 0 Å². The summed E-state index contributed by atoms with van der Waals surface area (Å²) in [5.74, 6) is -2.04. The first-order valence-corrected chi connectivity index (χ1v) is 8.09. The van der Waals surface area contributed by atoms with E-state index in [0.717, 1.165) is 16.0 Å². The van der Waals surface area contributed by atoms with Gasteiger partial charge in [-0.1, -0.05) is 60.7 Å². The number of benzene rings is 3. The SMILES string of the molecule is O=C1c2ccccc2C(O)(C(=O)O)N1c1ccc(-c2ccccc2)cc1. The molecule has 1 atom stereocenters. The molecule has 128 valence electrons. The Kier molecular flexibility index (Phi) is 3.60. The molecule has 1 aliphatic heterocycles. The van der Waals surface area contributed by atoms with Crippen molar-refractivity contribution >= 4 is 17.6 Å². The number of fused-ring (bicyclic) bond motifs is 1. The van der Waals surface area contributed by atoms with Crippen LogP contribution >= 0.6 is 0 Å². The molecule has 3 aromatic rings. The maximum atomic E-state index is 12.8. The second-order valence-electron chi connectivity index (χ2n) is 6.08. The molecule has 26 heavy (non-hydrogen) atoms. The van der Waals surface area contributed by atoms with Gasteiger partial charge in [-0.05, 0) is 29.3 Å². The molecule has 4 rings (SSSR count). The van der Waals surface area contributed by atoms with Gasteiger partial charge in [0, 0.05) is 16.8 Å². The molecule has 0 saturated carbocycles. The Bertz CT molecular complexity index is 998. The predicted molar refractivity (Wildman–Crippen MR) is 96.7 cm³/mol. The normalized spacial score (nSPS) is 18.7. The van der Waals surface area contributed by atoms with Crippen LogP contribution in [0.3, 0.4) is 0 Å². The largest absolute Gasteiger partial charge is 0.477 e. The summed E-state index contributed by atoms with van der Waals surface area (Å²) in [4.78, 5) is 25.6. The molecule has 0 bridgehead atoms. The quantitative estimate of drug-likeness (QED) is 0.764. The lowest BCUT2D eigenvalue weighted by Gasteiger charge is -2.30. The van der Waals surface area contributed by atoms with Crippen molar-refractivity contribution in [2.24, 2.45) is 0 Å². The van der Waals surface area contributed by atoms with Gasteiger partial charge in [0.05, 0.1) is 0 Å². The summed E-state index contributed by atoms with van der Waals surface area (Å²) in [5, 5.41) is 20.6. The number of hydrogen-bond donors (Lipinski definition) is 2. The van der Waals surface area contributed by atoms with Crippen LogP contribution in [0.5, 0.6) is 0 Å². The molecule has 3 aromatic carbocycles. The third kappa shape index (κ3) is 2.22. The van der Waals surface area contributed by atoms with Crippen molar-refractivity contribution in [2.45, 2.75) is 5.72 Å². The number of rotatable bonds is 3. The van der Waals surface area contributed by atoms with Gasteiger partial charge in [-0.2, -0.15) is 0 Å². The van der Waals surface area contributed by atoms with E-state index in [0.29, 0.717) is 5.69 Å². The average molecular weight is 345 g/mol. The summed E-state index contributed by atoms with van der Waals surface area (Å²) in [6.45, 7) is 0. The van der Waals surface area contributed by atoms with E-state index in [2.05, 4.69) is 0 Å². The number of carboxylic acid groups (broad SMARTS) is 1. The van der Waals surface area contributed by atoms with E-state index in [1.54, 1.807) is 36.4 Å². The number of carbonyl (C=O) groups is 2. The van der Waals surface area contributed by atoms with E-state index >= 15 is 0 Å².